The molecule has 0 spiro atoms. The molecule has 0 amide bonds. The second-order valence-corrected chi connectivity index (χ2v) is 5.51. The van der Waals surface area contributed by atoms with Crippen molar-refractivity contribution in [1.29, 1.82) is 0 Å². The smallest absolute Gasteiger partial charge is 0.408 e. The first-order chi connectivity index (χ1) is 9.05. The third kappa shape index (κ3) is 2.43. The van der Waals surface area contributed by atoms with Crippen LogP contribution in [-0.4, -0.2) is 39.8 Å². The highest BCUT2D eigenvalue weighted by atomic mass is 16.4. The maximum absolute atomic E-state index is 11.8. The molecular formula is C14H18N2O3. The number of β-amino-alcohol motifs (C(OH)–C–C–N with tert-alkyl or cyclic N) is 1. The van der Waals surface area contributed by atoms with Gasteiger partial charge >= 0.3 is 5.76 Å². The van der Waals surface area contributed by atoms with Crippen LogP contribution in [0.1, 0.15) is 13.3 Å². The van der Waals surface area contributed by atoms with Crippen LogP contribution in [0.25, 0.3) is 11.1 Å². The number of fused-ring (bicyclic) bond motifs is 1. The number of hydrogen-bond acceptors (Lipinski definition) is 4. The maximum atomic E-state index is 11.8. The second-order valence-electron chi connectivity index (χ2n) is 5.51. The maximum Gasteiger partial charge on any atom is 0.419 e. The van der Waals surface area contributed by atoms with Gasteiger partial charge in [0.15, 0.2) is 5.58 Å². The monoisotopic (exact) mass is 262 g/mol. The Morgan fingerprint density at radius 2 is 2.16 bits per heavy atom. The number of benzene rings is 1. The van der Waals surface area contributed by atoms with Crippen LogP contribution in [-0.2, 0) is 6.54 Å². The lowest BCUT2D eigenvalue weighted by atomic mass is 10.1. The normalized spacial score (nSPS) is 24.3. The van der Waals surface area contributed by atoms with Crippen molar-refractivity contribution >= 4 is 11.1 Å². The summed E-state index contributed by atoms with van der Waals surface area (Å²) in [6.45, 7) is 4.73. The van der Waals surface area contributed by atoms with Crippen LogP contribution >= 0.6 is 0 Å². The van der Waals surface area contributed by atoms with E-state index in [2.05, 4.69) is 4.90 Å². The predicted octanol–water partition coefficient (Wildman–Crippen LogP) is 1.05. The molecule has 1 aromatic carbocycles. The Balaban J connectivity index is 1.76. The Kier molecular flexibility index (Phi) is 2.95. The summed E-state index contributed by atoms with van der Waals surface area (Å²) in [6.07, 6.45) is 0.786. The first-order valence-electron chi connectivity index (χ1n) is 6.58. The Bertz CT molecular complexity index is 641. The summed E-state index contributed by atoms with van der Waals surface area (Å²) in [5, 5.41) is 9.92. The number of para-hydroxylation sites is 2. The molecule has 1 aliphatic heterocycles. The lowest BCUT2D eigenvalue weighted by Crippen LogP contribution is -2.32. The molecule has 1 saturated heterocycles. The molecule has 1 atom stereocenters. The van der Waals surface area contributed by atoms with Crippen LogP contribution in [0.4, 0.5) is 0 Å². The zero-order valence-electron chi connectivity index (χ0n) is 11.0. The summed E-state index contributed by atoms with van der Waals surface area (Å²) < 4.78 is 6.85. The minimum absolute atomic E-state index is 0.313. The van der Waals surface area contributed by atoms with Crippen LogP contribution in [0.5, 0.6) is 0 Å². The van der Waals surface area contributed by atoms with Gasteiger partial charge in [0.1, 0.15) is 0 Å². The molecule has 1 fully saturated rings. The van der Waals surface area contributed by atoms with Gasteiger partial charge in [0.25, 0.3) is 0 Å². The molecule has 5 nitrogen and oxygen atoms in total. The van der Waals surface area contributed by atoms with Crippen LogP contribution in [0.3, 0.4) is 0 Å². The quantitative estimate of drug-likeness (QED) is 0.898. The zero-order chi connectivity index (χ0) is 13.5. The largest absolute Gasteiger partial charge is 0.419 e. The van der Waals surface area contributed by atoms with E-state index in [1.165, 1.54) is 0 Å². The third-order valence-electron chi connectivity index (χ3n) is 3.74. The average Bonchev–Trinajstić information content (AvgIpc) is 2.86. The highest BCUT2D eigenvalue weighted by molar-refractivity contribution is 5.72. The van der Waals surface area contributed by atoms with Gasteiger partial charge in [-0.05, 0) is 25.5 Å². The highest BCUT2D eigenvalue weighted by Crippen LogP contribution is 2.20. The van der Waals surface area contributed by atoms with Gasteiger partial charge in [0, 0.05) is 26.2 Å². The fourth-order valence-corrected chi connectivity index (χ4v) is 2.70. The van der Waals surface area contributed by atoms with Crippen molar-refractivity contribution in [3.8, 4) is 0 Å². The molecule has 1 aromatic heterocycles. The summed E-state index contributed by atoms with van der Waals surface area (Å²) >= 11 is 0. The molecule has 1 N–H and O–H groups in total. The van der Waals surface area contributed by atoms with Crippen molar-refractivity contribution in [3.05, 3.63) is 34.8 Å². The number of oxazole rings is 1. The lowest BCUT2D eigenvalue weighted by Gasteiger charge is -2.18. The van der Waals surface area contributed by atoms with E-state index in [1.807, 2.05) is 25.1 Å². The molecule has 19 heavy (non-hydrogen) atoms. The minimum atomic E-state index is -0.594. The van der Waals surface area contributed by atoms with E-state index in [0.29, 0.717) is 18.7 Å². The van der Waals surface area contributed by atoms with E-state index in [1.54, 1.807) is 10.6 Å². The molecule has 3 rings (SSSR count). The zero-order valence-corrected chi connectivity index (χ0v) is 11.0. The number of hydrogen-bond donors (Lipinski definition) is 1. The molecule has 2 heterocycles. The molecule has 0 radical (unpaired) electrons. The van der Waals surface area contributed by atoms with Gasteiger partial charge in [-0.3, -0.25) is 9.47 Å². The molecule has 102 valence electrons. The van der Waals surface area contributed by atoms with Gasteiger partial charge in [0.2, 0.25) is 0 Å². The number of nitrogens with zero attached hydrogens (tertiary/aromatic N) is 2. The summed E-state index contributed by atoms with van der Waals surface area (Å²) in [6, 6.07) is 7.44. The number of aromatic nitrogens is 1. The fourth-order valence-electron chi connectivity index (χ4n) is 2.70. The molecule has 0 bridgehead atoms. The van der Waals surface area contributed by atoms with Crippen LogP contribution in [0, 0.1) is 0 Å². The van der Waals surface area contributed by atoms with E-state index in [0.717, 1.165) is 25.0 Å². The number of aliphatic hydroxyl groups is 1. The van der Waals surface area contributed by atoms with Gasteiger partial charge in [-0.25, -0.2) is 4.79 Å². The number of likely N-dealkylation sites (tertiary alicyclic amines) is 1. The van der Waals surface area contributed by atoms with Crippen molar-refractivity contribution in [2.24, 2.45) is 0 Å². The van der Waals surface area contributed by atoms with Gasteiger partial charge in [-0.2, -0.15) is 0 Å². The van der Waals surface area contributed by atoms with Crippen LogP contribution in [0.15, 0.2) is 33.5 Å². The van der Waals surface area contributed by atoms with Gasteiger partial charge in [0.05, 0.1) is 11.1 Å². The molecule has 0 aliphatic carbocycles. The van der Waals surface area contributed by atoms with Crippen LogP contribution < -0.4 is 5.76 Å². The molecule has 2 aromatic rings. The first kappa shape index (κ1) is 12.4. The van der Waals surface area contributed by atoms with Crippen molar-refractivity contribution < 1.29 is 9.52 Å². The lowest BCUT2D eigenvalue weighted by molar-refractivity contribution is 0.0684. The molecular weight excluding hydrogens is 244 g/mol. The van der Waals surface area contributed by atoms with Gasteiger partial charge < -0.3 is 9.52 Å². The second kappa shape index (κ2) is 4.51. The van der Waals surface area contributed by atoms with Crippen molar-refractivity contribution in [2.45, 2.75) is 25.5 Å². The van der Waals surface area contributed by atoms with E-state index >= 15 is 0 Å². The molecule has 0 saturated carbocycles. The fraction of sp³-hybridized carbons (Fsp3) is 0.500. The van der Waals surface area contributed by atoms with Gasteiger partial charge in [-0.1, -0.05) is 12.1 Å². The molecule has 5 heteroatoms. The molecule has 1 aliphatic rings. The molecule has 1 unspecified atom stereocenters. The predicted molar refractivity (Wildman–Crippen MR) is 72.2 cm³/mol. The minimum Gasteiger partial charge on any atom is -0.408 e. The Labute approximate surface area is 111 Å². The Morgan fingerprint density at radius 3 is 2.89 bits per heavy atom. The SMILES string of the molecule is CC1(O)CCN(CCn2c(=O)oc3ccccc32)C1. The third-order valence-corrected chi connectivity index (χ3v) is 3.74. The van der Waals surface area contributed by atoms with Crippen molar-refractivity contribution in [3.63, 3.8) is 0 Å². The Hall–Kier alpha value is -1.59. The summed E-state index contributed by atoms with van der Waals surface area (Å²) in [5.41, 5.74) is 0.864. The topological polar surface area (TPSA) is 58.6 Å². The Morgan fingerprint density at radius 1 is 1.37 bits per heavy atom. The van der Waals surface area contributed by atoms with Crippen LogP contribution in [0.2, 0.25) is 0 Å². The van der Waals surface area contributed by atoms with E-state index in [4.69, 9.17) is 4.42 Å². The average molecular weight is 262 g/mol. The van der Waals surface area contributed by atoms with E-state index in [-0.39, 0.29) is 5.76 Å². The summed E-state index contributed by atoms with van der Waals surface area (Å²) in [7, 11) is 0. The van der Waals surface area contributed by atoms with Crippen molar-refractivity contribution in [2.75, 3.05) is 19.6 Å². The summed E-state index contributed by atoms with van der Waals surface area (Å²) in [4.78, 5) is 14.0. The van der Waals surface area contributed by atoms with Crippen molar-refractivity contribution in [1.82, 2.24) is 9.47 Å². The highest BCUT2D eigenvalue weighted by Gasteiger charge is 2.30. The first-order valence-corrected chi connectivity index (χ1v) is 6.58. The van der Waals surface area contributed by atoms with E-state index < -0.39 is 5.60 Å². The van der Waals surface area contributed by atoms with Gasteiger partial charge in [-0.15, -0.1) is 0 Å². The number of rotatable bonds is 3. The summed E-state index contributed by atoms with van der Waals surface area (Å²) in [5.74, 6) is -0.313. The van der Waals surface area contributed by atoms with E-state index in [9.17, 15) is 9.90 Å². The standard InChI is InChI=1S/C14H18N2O3/c1-14(18)6-7-15(10-14)8-9-16-11-4-2-3-5-12(11)19-13(16)17/h2-5,18H,6-10H2,1H3.